The van der Waals surface area contributed by atoms with E-state index in [0.29, 0.717) is 83.2 Å². The molecule has 5 rings (SSSR count). The number of likely N-dealkylation sites (N-methyl/N-ethyl adjacent to an activating group) is 1. The Hall–Kier alpha value is -3.34. The lowest BCUT2D eigenvalue weighted by Crippen LogP contribution is -2.41. The van der Waals surface area contributed by atoms with Crippen LogP contribution in [0.3, 0.4) is 0 Å². The Balaban J connectivity index is 0.000000400. The zero-order chi connectivity index (χ0) is 50.0. The third-order valence-electron chi connectivity index (χ3n) is 13.2. The predicted molar refractivity (Wildman–Crippen MR) is 279 cm³/mol. The van der Waals surface area contributed by atoms with Crippen molar-refractivity contribution >= 4 is 11.5 Å². The SMILES string of the molecule is CC(C)C1=C(C(C)C)N(C)N(C)N1.CC1=NC(C(C)C)C(C(C)C)N1C.CC1=NNC(C(C)C)C1C(C)C.Cc1c(C(C)C)c(C(C)C)nn1C.Cc1nc(C(C)C)c(C(C)C)n1C. The van der Waals surface area contributed by atoms with Crippen LogP contribution in [0.15, 0.2) is 21.5 Å². The fourth-order valence-electron chi connectivity index (χ4n) is 9.57. The van der Waals surface area contributed by atoms with Gasteiger partial charge in [0, 0.05) is 58.3 Å². The molecule has 11 nitrogen and oxygen atoms in total. The number of hydrogen-bond acceptors (Lipinski definition) is 9. The van der Waals surface area contributed by atoms with E-state index < -0.39 is 0 Å². The van der Waals surface area contributed by atoms with Gasteiger partial charge in [0.2, 0.25) is 0 Å². The molecule has 0 amide bonds. The Bertz CT molecular complexity index is 1740. The van der Waals surface area contributed by atoms with E-state index in [2.05, 4.69) is 228 Å². The molecule has 0 fully saturated rings. The van der Waals surface area contributed by atoms with Gasteiger partial charge in [0.05, 0.1) is 46.7 Å². The Morgan fingerprint density at radius 2 is 1.09 bits per heavy atom. The lowest BCUT2D eigenvalue weighted by Gasteiger charge is -2.31. The maximum absolute atomic E-state index is 4.71. The van der Waals surface area contributed by atoms with Crippen LogP contribution < -0.4 is 10.9 Å². The number of aromatic nitrogens is 4. The van der Waals surface area contributed by atoms with Crippen molar-refractivity contribution < 1.29 is 0 Å². The van der Waals surface area contributed by atoms with Crippen molar-refractivity contribution in [2.75, 3.05) is 21.1 Å². The number of nitrogens with one attached hydrogen (secondary N) is 2. The number of allylic oxidation sites excluding steroid dienone is 2. The summed E-state index contributed by atoms with van der Waals surface area (Å²) in [6.07, 6.45) is 0. The molecular formula is C53H103N11. The second-order valence-electron chi connectivity index (χ2n) is 22.1. The van der Waals surface area contributed by atoms with E-state index >= 15 is 0 Å². The number of nitrogens with zero attached hydrogens (tertiary/aromatic N) is 9. The summed E-state index contributed by atoms with van der Waals surface area (Å²) < 4.78 is 4.20. The molecular weight excluding hydrogens is 791 g/mol. The summed E-state index contributed by atoms with van der Waals surface area (Å²) in [5.41, 5.74) is 17.2. The standard InChI is InChI=1S/C11H22N2.2C11H20N2.C10H21N3.C10H20N2/c2*1-7(2)10-11(8(3)4)13(6)9(5)12-10;1-7(2)10-9(5)13(6)12-11(10)8(3)4;1-7(2)9-10(8(3)4)12(5)13(6)11-9;1-6(2)9-8(5)11-12-10(9)7(3)4/h7-8,10-11H,1-6H3;2*7-8H,1-6H3;7-8,11H,1-6H3;6-7,9-10,12H,1-5H3. The normalized spacial score (nSPS) is 20.0. The molecule has 0 aromatic carbocycles. The Morgan fingerprint density at radius 1 is 0.562 bits per heavy atom. The molecule has 4 unspecified atom stereocenters. The van der Waals surface area contributed by atoms with Crippen molar-refractivity contribution in [3.63, 3.8) is 0 Å². The van der Waals surface area contributed by atoms with E-state index in [1.54, 1.807) is 0 Å². The van der Waals surface area contributed by atoms with Crippen LogP contribution in [-0.4, -0.2) is 85.2 Å². The summed E-state index contributed by atoms with van der Waals surface area (Å²) >= 11 is 0. The summed E-state index contributed by atoms with van der Waals surface area (Å²) in [5.74, 6) is 8.93. The first kappa shape index (κ1) is 58.7. The number of aryl methyl sites for hydroxylation is 2. The molecule has 0 radical (unpaired) electrons. The number of hydrazine groups is 2. The Kier molecular flexibility index (Phi) is 23.4. The van der Waals surface area contributed by atoms with E-state index in [-0.39, 0.29) is 0 Å². The average molecular weight is 894 g/mol. The zero-order valence-electron chi connectivity index (χ0n) is 47.1. The van der Waals surface area contributed by atoms with Crippen LogP contribution in [0.4, 0.5) is 0 Å². The van der Waals surface area contributed by atoms with Gasteiger partial charge in [0.1, 0.15) is 5.82 Å². The van der Waals surface area contributed by atoms with Gasteiger partial charge in [0.25, 0.3) is 0 Å². The summed E-state index contributed by atoms with van der Waals surface area (Å²) in [7, 11) is 10.4. The van der Waals surface area contributed by atoms with Gasteiger partial charge in [-0.05, 0) is 92.4 Å². The monoisotopic (exact) mass is 894 g/mol. The van der Waals surface area contributed by atoms with E-state index in [0.717, 1.165) is 5.82 Å². The second kappa shape index (κ2) is 25.5. The molecule has 370 valence electrons. The zero-order valence-corrected chi connectivity index (χ0v) is 47.1. The first-order valence-electron chi connectivity index (χ1n) is 24.9. The van der Waals surface area contributed by atoms with Crippen molar-refractivity contribution in [3.05, 3.63) is 45.6 Å². The molecule has 3 aliphatic rings. The fourth-order valence-corrected chi connectivity index (χ4v) is 9.57. The Labute approximate surface area is 395 Å². The molecule has 0 saturated heterocycles. The third kappa shape index (κ3) is 15.1. The minimum atomic E-state index is 0.491. The summed E-state index contributed by atoms with van der Waals surface area (Å²) in [4.78, 5) is 11.6. The first-order valence-corrected chi connectivity index (χ1v) is 24.9. The van der Waals surface area contributed by atoms with Crippen LogP contribution in [0.2, 0.25) is 0 Å². The minimum Gasteiger partial charge on any atom is -0.358 e. The van der Waals surface area contributed by atoms with Gasteiger partial charge in [-0.15, -0.1) is 5.12 Å². The molecule has 2 aromatic rings. The van der Waals surface area contributed by atoms with E-state index in [9.17, 15) is 0 Å². The number of rotatable bonds is 10. The van der Waals surface area contributed by atoms with Crippen LogP contribution >= 0.6 is 0 Å². The number of amidine groups is 1. The second-order valence-corrected chi connectivity index (χ2v) is 22.1. The summed E-state index contributed by atoms with van der Waals surface area (Å²) in [6, 6.07) is 1.63. The topological polar surface area (TPSA) is 94.1 Å². The largest absolute Gasteiger partial charge is 0.358 e. The maximum atomic E-state index is 4.71. The molecule has 5 heterocycles. The predicted octanol–water partition coefficient (Wildman–Crippen LogP) is 12.4. The lowest BCUT2D eigenvalue weighted by atomic mass is 9.81. The van der Waals surface area contributed by atoms with Crippen LogP contribution in [0, 0.1) is 55.3 Å². The number of hydrazone groups is 1. The highest BCUT2D eigenvalue weighted by molar-refractivity contribution is 5.86. The maximum Gasteiger partial charge on any atom is 0.105 e. The summed E-state index contributed by atoms with van der Waals surface area (Å²) in [5, 5.41) is 13.1. The van der Waals surface area contributed by atoms with Crippen LogP contribution in [0.1, 0.15) is 210 Å². The molecule has 0 aliphatic carbocycles. The minimum absolute atomic E-state index is 0.491. The van der Waals surface area contributed by atoms with Gasteiger partial charge in [0.15, 0.2) is 0 Å². The molecule has 3 aliphatic heterocycles. The molecule has 2 aromatic heterocycles. The van der Waals surface area contributed by atoms with Crippen molar-refractivity contribution in [2.24, 2.45) is 65.6 Å². The van der Waals surface area contributed by atoms with Crippen molar-refractivity contribution in [2.45, 2.75) is 208 Å². The van der Waals surface area contributed by atoms with Crippen LogP contribution in [-0.2, 0) is 14.1 Å². The van der Waals surface area contributed by atoms with Gasteiger partial charge in [-0.2, -0.15) is 10.2 Å². The molecule has 4 atom stereocenters. The quantitative estimate of drug-likeness (QED) is 0.245. The van der Waals surface area contributed by atoms with Gasteiger partial charge in [-0.3, -0.25) is 14.7 Å². The van der Waals surface area contributed by atoms with Crippen molar-refractivity contribution in [3.8, 4) is 0 Å². The third-order valence-corrected chi connectivity index (χ3v) is 13.2. The van der Waals surface area contributed by atoms with E-state index in [4.69, 9.17) is 4.99 Å². The molecule has 0 saturated carbocycles. The van der Waals surface area contributed by atoms with Crippen LogP contribution in [0.5, 0.6) is 0 Å². The fraction of sp³-hybridized carbons (Fsp3) is 0.811. The number of hydrogen-bond donors (Lipinski definition) is 2. The highest BCUT2D eigenvalue weighted by Crippen LogP contribution is 2.31. The number of imidazole rings is 1. The highest BCUT2D eigenvalue weighted by atomic mass is 15.8. The lowest BCUT2D eigenvalue weighted by molar-refractivity contribution is 0.0441. The molecule has 2 N–H and O–H groups in total. The van der Waals surface area contributed by atoms with Crippen molar-refractivity contribution in [1.29, 1.82) is 0 Å². The van der Waals surface area contributed by atoms with Gasteiger partial charge < -0.3 is 20.3 Å². The van der Waals surface area contributed by atoms with Crippen molar-refractivity contribution in [1.82, 2.24) is 45.2 Å². The highest BCUT2D eigenvalue weighted by Gasteiger charge is 2.36. The Morgan fingerprint density at radius 3 is 1.41 bits per heavy atom. The van der Waals surface area contributed by atoms with Gasteiger partial charge >= 0.3 is 0 Å². The molecule has 0 bridgehead atoms. The smallest absolute Gasteiger partial charge is 0.105 e. The van der Waals surface area contributed by atoms with Gasteiger partial charge in [-0.1, -0.05) is 138 Å². The van der Waals surface area contributed by atoms with E-state index in [1.807, 2.05) is 23.9 Å². The van der Waals surface area contributed by atoms with Crippen LogP contribution in [0.25, 0.3) is 0 Å². The first-order chi connectivity index (χ1) is 29.3. The summed E-state index contributed by atoms with van der Waals surface area (Å²) in [6.45, 7) is 53.2. The molecule has 64 heavy (non-hydrogen) atoms. The molecule has 0 spiro atoms. The number of aliphatic imine (C=N–C) groups is 1. The molecule has 11 heteroatoms. The average Bonchev–Trinajstić information content (AvgIpc) is 3.95. The van der Waals surface area contributed by atoms with E-state index in [1.165, 1.54) is 51.3 Å². The van der Waals surface area contributed by atoms with Gasteiger partial charge in [-0.25, -0.2) is 4.98 Å².